The molecule has 4 nitrogen and oxygen atoms in total. The van der Waals surface area contributed by atoms with Gasteiger partial charge in [0.2, 0.25) is 5.88 Å². The molecular formula is C20H22N2O2. The Bertz CT molecular complexity index is 838. The van der Waals surface area contributed by atoms with E-state index in [0.29, 0.717) is 29.7 Å². The smallest absolute Gasteiger partial charge is 0.205 e. The van der Waals surface area contributed by atoms with Crippen LogP contribution in [0.25, 0.3) is 0 Å². The first-order valence-corrected chi connectivity index (χ1v) is 8.14. The largest absolute Gasteiger partial charge is 0.444 e. The van der Waals surface area contributed by atoms with Crippen LogP contribution in [-0.4, -0.2) is 5.78 Å². The second-order valence-electron chi connectivity index (χ2n) is 7.56. The number of benzene rings is 1. The van der Waals surface area contributed by atoms with Crippen molar-refractivity contribution >= 4 is 5.78 Å². The number of nitrogens with zero attached hydrogens (tertiary/aromatic N) is 1. The lowest BCUT2D eigenvalue weighted by molar-refractivity contribution is -0.119. The van der Waals surface area contributed by atoms with Crippen molar-refractivity contribution in [1.82, 2.24) is 0 Å². The van der Waals surface area contributed by atoms with Gasteiger partial charge in [0.1, 0.15) is 17.4 Å². The van der Waals surface area contributed by atoms with Gasteiger partial charge in [-0.05, 0) is 30.4 Å². The van der Waals surface area contributed by atoms with Crippen LogP contribution >= 0.6 is 0 Å². The minimum absolute atomic E-state index is 0.0477. The van der Waals surface area contributed by atoms with Gasteiger partial charge >= 0.3 is 0 Å². The summed E-state index contributed by atoms with van der Waals surface area (Å²) >= 11 is 0. The molecule has 4 heteroatoms. The van der Waals surface area contributed by atoms with Gasteiger partial charge in [-0.25, -0.2) is 0 Å². The molecule has 1 heterocycles. The van der Waals surface area contributed by atoms with Crippen LogP contribution in [0.2, 0.25) is 0 Å². The van der Waals surface area contributed by atoms with Gasteiger partial charge in [-0.3, -0.25) is 4.79 Å². The number of rotatable bonds is 1. The second kappa shape index (κ2) is 5.52. The van der Waals surface area contributed by atoms with Crippen molar-refractivity contribution in [2.75, 3.05) is 0 Å². The first kappa shape index (κ1) is 16.3. The molecule has 1 aromatic carbocycles. The predicted molar refractivity (Wildman–Crippen MR) is 91.6 cm³/mol. The highest BCUT2D eigenvalue weighted by atomic mass is 16.5. The lowest BCUT2D eigenvalue weighted by Gasteiger charge is -2.37. The molecule has 1 aliphatic carbocycles. The summed E-state index contributed by atoms with van der Waals surface area (Å²) in [7, 11) is 0. The van der Waals surface area contributed by atoms with E-state index in [1.807, 2.05) is 39.8 Å². The Balaban J connectivity index is 2.22. The number of ether oxygens (including phenoxy) is 1. The zero-order valence-electron chi connectivity index (χ0n) is 14.6. The van der Waals surface area contributed by atoms with Crippen LogP contribution < -0.4 is 5.73 Å². The molecule has 0 amide bonds. The normalized spacial score (nSPS) is 22.8. The van der Waals surface area contributed by atoms with Gasteiger partial charge in [-0.2, -0.15) is 5.26 Å². The van der Waals surface area contributed by atoms with Crippen molar-refractivity contribution in [2.24, 2.45) is 11.1 Å². The third-order valence-corrected chi connectivity index (χ3v) is 4.81. The average Bonchev–Trinajstić information content (AvgIpc) is 2.44. The van der Waals surface area contributed by atoms with Gasteiger partial charge in [-0.1, -0.05) is 37.6 Å². The molecule has 3 rings (SSSR count). The first-order chi connectivity index (χ1) is 11.2. The molecule has 0 fully saturated rings. The maximum absolute atomic E-state index is 12.9. The van der Waals surface area contributed by atoms with E-state index in [-0.39, 0.29) is 17.1 Å². The molecule has 1 aliphatic heterocycles. The molecule has 2 aliphatic rings. The van der Waals surface area contributed by atoms with Crippen molar-refractivity contribution in [2.45, 2.75) is 46.5 Å². The molecule has 0 saturated carbocycles. The highest BCUT2D eigenvalue weighted by Gasteiger charge is 2.43. The van der Waals surface area contributed by atoms with E-state index in [9.17, 15) is 10.1 Å². The Hall–Kier alpha value is -2.54. The third kappa shape index (κ3) is 2.60. The maximum Gasteiger partial charge on any atom is 0.205 e. The molecule has 1 aromatic rings. The molecule has 0 aromatic heterocycles. The number of hydrogen-bond donors (Lipinski definition) is 1. The molecule has 0 spiro atoms. The minimum atomic E-state index is -0.428. The van der Waals surface area contributed by atoms with Gasteiger partial charge in [0, 0.05) is 18.4 Å². The average molecular weight is 322 g/mol. The van der Waals surface area contributed by atoms with Crippen molar-refractivity contribution in [3.63, 3.8) is 0 Å². The number of ketones is 1. The maximum atomic E-state index is 12.9. The van der Waals surface area contributed by atoms with Crippen LogP contribution in [0.4, 0.5) is 0 Å². The summed E-state index contributed by atoms with van der Waals surface area (Å²) in [5.41, 5.74) is 9.94. The van der Waals surface area contributed by atoms with Crippen LogP contribution in [-0.2, 0) is 9.53 Å². The number of allylic oxidation sites excluding steroid dienone is 3. The summed E-state index contributed by atoms with van der Waals surface area (Å²) in [6.45, 7) is 8.11. The highest BCUT2D eigenvalue weighted by molar-refractivity contribution is 6.00. The van der Waals surface area contributed by atoms with Crippen molar-refractivity contribution in [3.8, 4) is 6.07 Å². The first-order valence-electron chi connectivity index (χ1n) is 8.14. The molecule has 2 N–H and O–H groups in total. The Morgan fingerprint density at radius 2 is 2.00 bits per heavy atom. The van der Waals surface area contributed by atoms with Crippen molar-refractivity contribution < 1.29 is 9.53 Å². The van der Waals surface area contributed by atoms with Crippen LogP contribution in [0, 0.1) is 30.6 Å². The summed E-state index contributed by atoms with van der Waals surface area (Å²) in [5.74, 6) is 0.360. The summed E-state index contributed by atoms with van der Waals surface area (Å²) in [5, 5.41) is 9.62. The van der Waals surface area contributed by atoms with Crippen LogP contribution in [0.1, 0.15) is 49.3 Å². The monoisotopic (exact) mass is 322 g/mol. The number of nitriles is 1. The number of Topliss-reactive ketones (excluding diaryl/α,β-unsaturated/α-hetero) is 1. The molecule has 1 unspecified atom stereocenters. The fraction of sp³-hybridized carbons (Fsp3) is 0.400. The van der Waals surface area contributed by atoms with E-state index in [0.717, 1.165) is 16.7 Å². The fourth-order valence-electron chi connectivity index (χ4n) is 3.75. The SMILES string of the molecule is Cc1ccc(C2C(C#N)=C(N)OC3=C2C(=O)CC(C)(C)C3)c(C)c1. The van der Waals surface area contributed by atoms with Crippen LogP contribution in [0.3, 0.4) is 0 Å². The standard InChI is InChI=1S/C20H22N2O2/c1-11-5-6-13(12(2)7-11)17-14(10-21)19(22)24-16-9-20(3,4)8-15(23)18(16)17/h5-7,17H,8-9,22H2,1-4H3. The lowest BCUT2D eigenvalue weighted by Crippen LogP contribution is -2.33. The molecule has 124 valence electrons. The van der Waals surface area contributed by atoms with E-state index >= 15 is 0 Å². The van der Waals surface area contributed by atoms with Gasteiger partial charge in [-0.15, -0.1) is 0 Å². The number of nitrogens with two attached hydrogens (primary N) is 1. The van der Waals surface area contributed by atoms with E-state index in [4.69, 9.17) is 10.5 Å². The molecule has 0 bridgehead atoms. The number of carbonyl (C=O) groups is 1. The topological polar surface area (TPSA) is 76.1 Å². The Labute approximate surface area is 142 Å². The predicted octanol–water partition coefficient (Wildman–Crippen LogP) is 3.75. The van der Waals surface area contributed by atoms with Gasteiger partial charge < -0.3 is 10.5 Å². The highest BCUT2D eigenvalue weighted by Crippen LogP contribution is 2.48. The molecule has 0 saturated heterocycles. The molecule has 0 radical (unpaired) electrons. The van der Waals surface area contributed by atoms with Gasteiger partial charge in [0.05, 0.1) is 5.92 Å². The zero-order chi connectivity index (χ0) is 17.6. The Morgan fingerprint density at radius 3 is 2.62 bits per heavy atom. The van der Waals surface area contributed by atoms with Gasteiger partial charge in [0.15, 0.2) is 5.78 Å². The molecular weight excluding hydrogens is 300 g/mol. The van der Waals surface area contributed by atoms with Crippen LogP contribution in [0.5, 0.6) is 0 Å². The molecule has 24 heavy (non-hydrogen) atoms. The minimum Gasteiger partial charge on any atom is -0.444 e. The Morgan fingerprint density at radius 1 is 1.29 bits per heavy atom. The summed E-state index contributed by atoms with van der Waals surface area (Å²) < 4.78 is 5.71. The van der Waals surface area contributed by atoms with Crippen LogP contribution in [0.15, 0.2) is 41.0 Å². The summed E-state index contributed by atoms with van der Waals surface area (Å²) in [6, 6.07) is 8.21. The lowest BCUT2D eigenvalue weighted by atomic mass is 9.70. The van der Waals surface area contributed by atoms with Crippen molar-refractivity contribution in [3.05, 3.63) is 57.7 Å². The fourth-order valence-corrected chi connectivity index (χ4v) is 3.75. The van der Waals surface area contributed by atoms with Gasteiger partial charge in [0.25, 0.3) is 0 Å². The number of hydrogen-bond acceptors (Lipinski definition) is 4. The van der Waals surface area contributed by atoms with E-state index in [1.165, 1.54) is 0 Å². The number of carbonyl (C=O) groups excluding carboxylic acids is 1. The van der Waals surface area contributed by atoms with E-state index < -0.39 is 5.92 Å². The second-order valence-corrected chi connectivity index (χ2v) is 7.56. The summed E-state index contributed by atoms with van der Waals surface area (Å²) in [4.78, 5) is 12.9. The number of aryl methyl sites for hydroxylation is 2. The van der Waals surface area contributed by atoms with Crippen molar-refractivity contribution in [1.29, 1.82) is 5.26 Å². The summed E-state index contributed by atoms with van der Waals surface area (Å²) in [6.07, 6.45) is 1.10. The third-order valence-electron chi connectivity index (χ3n) is 4.81. The van der Waals surface area contributed by atoms with E-state index in [1.54, 1.807) is 0 Å². The van der Waals surface area contributed by atoms with E-state index in [2.05, 4.69) is 12.1 Å². The molecule has 1 atom stereocenters. The zero-order valence-corrected chi connectivity index (χ0v) is 14.6. The quantitative estimate of drug-likeness (QED) is 0.854. The Kier molecular flexibility index (Phi) is 3.76.